The summed E-state index contributed by atoms with van der Waals surface area (Å²) in [7, 11) is 0. The van der Waals surface area contributed by atoms with Gasteiger partial charge in [-0.1, -0.05) is 29.8 Å². The summed E-state index contributed by atoms with van der Waals surface area (Å²) in [6, 6.07) is 10.7. The number of halogens is 2. The van der Waals surface area contributed by atoms with Crippen molar-refractivity contribution in [2.24, 2.45) is 0 Å². The van der Waals surface area contributed by atoms with Crippen LogP contribution < -0.4 is 5.32 Å². The number of aryl methyl sites for hydroxylation is 1. The molecule has 7 heteroatoms. The largest absolute Gasteiger partial charge is 0.347 e. The number of nitrogens with one attached hydrogen (secondary N) is 1. The molecule has 1 aromatic heterocycles. The third kappa shape index (κ3) is 3.11. The molecule has 2 aromatic carbocycles. The quantitative estimate of drug-likeness (QED) is 0.639. The van der Waals surface area contributed by atoms with Gasteiger partial charge in [-0.2, -0.15) is 0 Å². The first-order valence-corrected chi connectivity index (χ1v) is 10.6. The van der Waals surface area contributed by atoms with Crippen LogP contribution in [0.1, 0.15) is 28.1 Å². The highest BCUT2D eigenvalue weighted by Gasteiger charge is 2.49. The number of carbonyl (C=O) groups excluding carboxylic acids is 2. The van der Waals surface area contributed by atoms with Crippen LogP contribution in [-0.4, -0.2) is 35.3 Å². The van der Waals surface area contributed by atoms with E-state index in [2.05, 4.69) is 5.32 Å². The third-order valence-electron chi connectivity index (χ3n) is 5.71. The fourth-order valence-corrected chi connectivity index (χ4v) is 5.79. The van der Waals surface area contributed by atoms with Gasteiger partial charge in [0.2, 0.25) is 5.91 Å². The van der Waals surface area contributed by atoms with Gasteiger partial charge in [0.05, 0.1) is 10.6 Å². The van der Waals surface area contributed by atoms with E-state index in [4.69, 9.17) is 11.6 Å². The molecule has 0 saturated carbocycles. The van der Waals surface area contributed by atoms with Crippen LogP contribution in [-0.2, 0) is 4.79 Å². The average Bonchev–Trinajstić information content (AvgIpc) is 3.19. The third-order valence-corrected chi connectivity index (χ3v) is 7.35. The Kier molecular flexibility index (Phi) is 4.19. The lowest BCUT2D eigenvalue weighted by atomic mass is 9.88. The summed E-state index contributed by atoms with van der Waals surface area (Å²) >= 11 is 7.89. The molecular formula is C22H18ClFN2O2S. The highest BCUT2D eigenvalue weighted by Crippen LogP contribution is 2.40. The van der Waals surface area contributed by atoms with Gasteiger partial charge in [-0.3, -0.25) is 9.59 Å². The molecular weight excluding hydrogens is 411 g/mol. The van der Waals surface area contributed by atoms with E-state index >= 15 is 0 Å². The van der Waals surface area contributed by atoms with Crippen molar-refractivity contribution in [1.82, 2.24) is 10.2 Å². The Morgan fingerprint density at radius 3 is 2.69 bits per heavy atom. The van der Waals surface area contributed by atoms with Gasteiger partial charge >= 0.3 is 0 Å². The van der Waals surface area contributed by atoms with E-state index in [1.807, 2.05) is 31.2 Å². The SMILES string of the molecule is Cc1cc(F)cc(-c2ccc3c(Cl)c(C(=O)N4CC5(CCC(=O)N5)C4)sc3c2)c1. The smallest absolute Gasteiger partial charge is 0.265 e. The topological polar surface area (TPSA) is 49.4 Å². The van der Waals surface area contributed by atoms with Crippen molar-refractivity contribution in [1.29, 1.82) is 0 Å². The normalized spacial score (nSPS) is 17.6. The lowest BCUT2D eigenvalue weighted by molar-refractivity contribution is -0.120. The average molecular weight is 429 g/mol. The number of likely N-dealkylation sites (tertiary alicyclic amines) is 1. The maximum atomic E-state index is 13.8. The van der Waals surface area contributed by atoms with Crippen LogP contribution in [0.4, 0.5) is 4.39 Å². The molecule has 2 amide bonds. The van der Waals surface area contributed by atoms with Gasteiger partial charge in [0.1, 0.15) is 10.7 Å². The molecule has 0 aliphatic carbocycles. The van der Waals surface area contributed by atoms with Crippen molar-refractivity contribution in [3.05, 3.63) is 57.7 Å². The standard InChI is InChI=1S/C22H18ClFN2O2S/c1-12-6-14(8-15(24)7-12)13-2-3-16-17(9-13)29-20(19(16)23)21(28)26-10-22(11-26)5-4-18(27)25-22/h2-3,6-9H,4-5,10-11H2,1H3,(H,25,27). The number of benzene rings is 2. The van der Waals surface area contributed by atoms with E-state index in [-0.39, 0.29) is 23.2 Å². The number of carbonyl (C=O) groups is 2. The number of rotatable bonds is 2. The van der Waals surface area contributed by atoms with Crippen LogP contribution in [0.5, 0.6) is 0 Å². The van der Waals surface area contributed by atoms with Crippen LogP contribution in [0.3, 0.4) is 0 Å². The van der Waals surface area contributed by atoms with E-state index in [0.29, 0.717) is 29.4 Å². The van der Waals surface area contributed by atoms with Crippen LogP contribution in [0.15, 0.2) is 36.4 Å². The number of hydrogen-bond donors (Lipinski definition) is 1. The summed E-state index contributed by atoms with van der Waals surface area (Å²) in [5.41, 5.74) is 2.28. The molecule has 3 aromatic rings. The molecule has 2 aliphatic heterocycles. The molecule has 0 atom stereocenters. The molecule has 29 heavy (non-hydrogen) atoms. The van der Waals surface area contributed by atoms with Gasteiger partial charge in [0.15, 0.2) is 0 Å². The lowest BCUT2D eigenvalue weighted by Gasteiger charge is -2.47. The van der Waals surface area contributed by atoms with Crippen LogP contribution in [0.2, 0.25) is 5.02 Å². The predicted molar refractivity (Wildman–Crippen MR) is 113 cm³/mol. The minimum Gasteiger partial charge on any atom is -0.347 e. The monoisotopic (exact) mass is 428 g/mol. The highest BCUT2D eigenvalue weighted by atomic mass is 35.5. The molecule has 148 valence electrons. The van der Waals surface area contributed by atoms with Gasteiger partial charge < -0.3 is 10.2 Å². The summed E-state index contributed by atoms with van der Waals surface area (Å²) in [6.07, 6.45) is 1.29. The minimum atomic E-state index is -0.272. The Bertz CT molecular complexity index is 1160. The zero-order valence-corrected chi connectivity index (χ0v) is 17.3. The Morgan fingerprint density at radius 1 is 1.21 bits per heavy atom. The summed E-state index contributed by atoms with van der Waals surface area (Å²) in [4.78, 5) is 26.7. The molecule has 2 fully saturated rings. The van der Waals surface area contributed by atoms with Gasteiger partial charge in [-0.05, 0) is 48.2 Å². The maximum Gasteiger partial charge on any atom is 0.265 e. The maximum absolute atomic E-state index is 13.8. The Balaban J connectivity index is 1.44. The molecule has 0 bridgehead atoms. The minimum absolute atomic E-state index is 0.0529. The van der Waals surface area contributed by atoms with Crippen LogP contribution >= 0.6 is 22.9 Å². The first-order valence-electron chi connectivity index (χ1n) is 9.43. The molecule has 2 saturated heterocycles. The van der Waals surface area contributed by atoms with E-state index < -0.39 is 0 Å². The summed E-state index contributed by atoms with van der Waals surface area (Å²) in [5, 5.41) is 4.26. The first kappa shape index (κ1) is 18.6. The zero-order chi connectivity index (χ0) is 20.3. The Hall–Kier alpha value is -2.44. The Morgan fingerprint density at radius 2 is 2.00 bits per heavy atom. The number of nitrogens with zero attached hydrogens (tertiary/aromatic N) is 1. The fourth-order valence-electron chi connectivity index (χ4n) is 4.27. The van der Waals surface area contributed by atoms with Gasteiger partial charge in [0, 0.05) is 29.6 Å². The van der Waals surface area contributed by atoms with E-state index in [1.165, 1.54) is 23.5 Å². The van der Waals surface area contributed by atoms with Crippen LogP contribution in [0.25, 0.3) is 21.2 Å². The molecule has 5 rings (SSSR count). The zero-order valence-electron chi connectivity index (χ0n) is 15.7. The van der Waals surface area contributed by atoms with E-state index in [1.54, 1.807) is 4.90 Å². The summed E-state index contributed by atoms with van der Waals surface area (Å²) in [5.74, 6) is -0.325. The van der Waals surface area contributed by atoms with Crippen molar-refractivity contribution >= 4 is 44.8 Å². The van der Waals surface area contributed by atoms with E-state index in [0.717, 1.165) is 33.2 Å². The number of thiophene rings is 1. The number of hydrogen-bond acceptors (Lipinski definition) is 3. The Labute approximate surface area is 176 Å². The molecule has 1 N–H and O–H groups in total. The molecule has 4 nitrogen and oxygen atoms in total. The molecule has 0 radical (unpaired) electrons. The second-order valence-corrected chi connectivity index (χ2v) is 9.39. The summed E-state index contributed by atoms with van der Waals surface area (Å²) in [6.45, 7) is 2.91. The predicted octanol–water partition coefficient (Wildman–Crippen LogP) is 4.77. The summed E-state index contributed by atoms with van der Waals surface area (Å²) < 4.78 is 14.7. The van der Waals surface area contributed by atoms with Crippen molar-refractivity contribution in [2.45, 2.75) is 25.3 Å². The van der Waals surface area contributed by atoms with Crippen molar-refractivity contribution in [3.8, 4) is 11.1 Å². The van der Waals surface area contributed by atoms with E-state index in [9.17, 15) is 14.0 Å². The first-order chi connectivity index (χ1) is 13.8. The van der Waals surface area contributed by atoms with Gasteiger partial charge in [-0.15, -0.1) is 11.3 Å². The van der Waals surface area contributed by atoms with Crippen molar-refractivity contribution in [3.63, 3.8) is 0 Å². The second-order valence-electron chi connectivity index (χ2n) is 7.96. The van der Waals surface area contributed by atoms with Crippen molar-refractivity contribution in [2.75, 3.05) is 13.1 Å². The van der Waals surface area contributed by atoms with Crippen molar-refractivity contribution < 1.29 is 14.0 Å². The second kappa shape index (κ2) is 6.54. The molecule has 0 unspecified atom stereocenters. The molecule has 1 spiro atoms. The fraction of sp³-hybridized carbons (Fsp3) is 0.273. The van der Waals surface area contributed by atoms with Gasteiger partial charge in [0.25, 0.3) is 5.91 Å². The lowest BCUT2D eigenvalue weighted by Crippen LogP contribution is -2.68. The van der Waals surface area contributed by atoms with Gasteiger partial charge in [-0.25, -0.2) is 4.39 Å². The number of fused-ring (bicyclic) bond motifs is 1. The molecule has 2 aliphatic rings. The number of amides is 2. The van der Waals surface area contributed by atoms with Crippen LogP contribution in [0, 0.1) is 12.7 Å². The highest BCUT2D eigenvalue weighted by molar-refractivity contribution is 7.21. The molecule has 3 heterocycles.